The van der Waals surface area contributed by atoms with Gasteiger partial charge in [-0.3, -0.25) is 14.6 Å². The van der Waals surface area contributed by atoms with E-state index in [0.717, 1.165) is 17.7 Å². The number of Topliss-reactive ketones (excluding diaryl/α,β-unsaturated/α-hetero) is 1. The highest BCUT2D eigenvalue weighted by Gasteiger charge is 2.25. The topological polar surface area (TPSA) is 74.1 Å². The molecule has 40 heavy (non-hydrogen) atoms. The van der Waals surface area contributed by atoms with E-state index in [1.165, 1.54) is 36.4 Å². The molecule has 1 aliphatic heterocycles. The molecule has 2 aromatic carbocycles. The van der Waals surface area contributed by atoms with Gasteiger partial charge in [-0.25, -0.2) is 13.8 Å². The number of hydrogen-bond donors (Lipinski definition) is 0. The second kappa shape index (κ2) is 10.1. The summed E-state index contributed by atoms with van der Waals surface area (Å²) in [6.07, 6.45) is 4.58. The Hall–Kier alpha value is -4.72. The van der Waals surface area contributed by atoms with Gasteiger partial charge in [0.2, 0.25) is 0 Å². The van der Waals surface area contributed by atoms with Gasteiger partial charge >= 0.3 is 0 Å². The first-order chi connectivity index (χ1) is 19.3. The summed E-state index contributed by atoms with van der Waals surface area (Å²) in [7, 11) is 0. The Morgan fingerprint density at radius 3 is 2.60 bits per heavy atom. The number of aryl methyl sites for hydroxylation is 3. The van der Waals surface area contributed by atoms with Crippen molar-refractivity contribution in [2.24, 2.45) is 0 Å². The van der Waals surface area contributed by atoms with Crippen molar-refractivity contribution in [2.75, 3.05) is 0 Å². The van der Waals surface area contributed by atoms with Crippen LogP contribution in [0.4, 0.5) is 8.78 Å². The number of carbonyl (C=O) groups is 1. The van der Waals surface area contributed by atoms with E-state index in [2.05, 4.69) is 9.97 Å². The van der Waals surface area contributed by atoms with E-state index in [1.54, 1.807) is 24.5 Å². The number of carbonyl (C=O) groups excluding carboxylic acids is 1. The highest BCUT2D eigenvalue weighted by Crippen LogP contribution is 2.31. The monoisotopic (exact) mass is 537 g/mol. The molecule has 0 saturated heterocycles. The first-order valence-electron chi connectivity index (χ1n) is 13.0. The molecule has 6 nitrogen and oxygen atoms in total. The fourth-order valence-electron chi connectivity index (χ4n) is 5.16. The van der Waals surface area contributed by atoms with Crippen LogP contribution in [0.3, 0.4) is 0 Å². The van der Waals surface area contributed by atoms with E-state index in [4.69, 9.17) is 4.74 Å². The van der Waals surface area contributed by atoms with E-state index in [9.17, 15) is 14.0 Å². The predicted octanol–water partition coefficient (Wildman–Crippen LogP) is 6.52. The zero-order chi connectivity index (χ0) is 28.0. The number of nitrogens with zero attached hydrogens (tertiary/aromatic N) is 3. The number of aromatic nitrogens is 3. The Labute approximate surface area is 228 Å². The van der Waals surface area contributed by atoms with Crippen LogP contribution < -0.4 is 10.2 Å². The Morgan fingerprint density at radius 2 is 1.82 bits per heavy atom. The van der Waals surface area contributed by atoms with Gasteiger partial charge in [0.15, 0.2) is 28.5 Å². The lowest BCUT2D eigenvalue weighted by molar-refractivity contribution is 0.0990. The predicted molar refractivity (Wildman–Crippen MR) is 148 cm³/mol. The molecule has 0 fully saturated rings. The average molecular weight is 538 g/mol. The third kappa shape index (κ3) is 4.66. The molecule has 0 N–H and O–H groups in total. The minimum Gasteiger partial charge on any atom is -0.452 e. The van der Waals surface area contributed by atoms with E-state index in [-0.39, 0.29) is 23.5 Å². The first kappa shape index (κ1) is 25.6. The van der Waals surface area contributed by atoms with E-state index >= 15 is 4.39 Å². The first-order valence-corrected chi connectivity index (χ1v) is 13.0. The number of halogens is 2. The number of hydrogen-bond acceptors (Lipinski definition) is 5. The highest BCUT2D eigenvalue weighted by molar-refractivity contribution is 5.99. The van der Waals surface area contributed by atoms with Gasteiger partial charge in [-0.15, -0.1) is 0 Å². The van der Waals surface area contributed by atoms with Crippen molar-refractivity contribution >= 4 is 16.8 Å². The van der Waals surface area contributed by atoms with Gasteiger partial charge in [0, 0.05) is 48.4 Å². The van der Waals surface area contributed by atoms with Gasteiger partial charge in [0.05, 0.1) is 11.1 Å². The molecule has 0 spiro atoms. The number of benzene rings is 2. The maximum atomic E-state index is 15.2. The molecule has 0 saturated carbocycles. The SMILES string of the molecule is Cc1cc2nccc(Oc3ccc(CC(=O)c4c5n(cc(-c6ccc(F)cc6)c4=O)CCC5)cc3F)c2nc1C. The lowest BCUT2D eigenvalue weighted by Crippen LogP contribution is -2.23. The van der Waals surface area contributed by atoms with Gasteiger partial charge in [-0.2, -0.15) is 0 Å². The molecular formula is C32H25F2N3O3. The van der Waals surface area contributed by atoms with E-state index in [0.29, 0.717) is 52.1 Å². The van der Waals surface area contributed by atoms with Crippen LogP contribution in [-0.4, -0.2) is 20.3 Å². The molecule has 0 bridgehead atoms. The van der Waals surface area contributed by atoms with Crippen molar-refractivity contribution < 1.29 is 18.3 Å². The quantitative estimate of drug-likeness (QED) is 0.231. The summed E-state index contributed by atoms with van der Waals surface area (Å²) in [5, 5.41) is 0. The Kier molecular flexibility index (Phi) is 6.46. The summed E-state index contributed by atoms with van der Waals surface area (Å²) in [4.78, 5) is 35.9. The molecule has 1 aliphatic rings. The zero-order valence-corrected chi connectivity index (χ0v) is 22.0. The maximum absolute atomic E-state index is 15.2. The molecule has 0 radical (unpaired) electrons. The van der Waals surface area contributed by atoms with Gasteiger partial charge in [-0.1, -0.05) is 18.2 Å². The number of ketones is 1. The van der Waals surface area contributed by atoms with Crippen molar-refractivity contribution in [3.8, 4) is 22.6 Å². The summed E-state index contributed by atoms with van der Waals surface area (Å²) in [5.74, 6) is -1.07. The average Bonchev–Trinajstić information content (AvgIpc) is 3.39. The van der Waals surface area contributed by atoms with E-state index in [1.807, 2.05) is 24.5 Å². The largest absolute Gasteiger partial charge is 0.452 e. The fraction of sp³-hybridized carbons (Fsp3) is 0.188. The highest BCUT2D eigenvalue weighted by atomic mass is 19.1. The summed E-state index contributed by atoms with van der Waals surface area (Å²) in [6, 6.07) is 13.5. The molecule has 0 atom stereocenters. The number of rotatable bonds is 6. The lowest BCUT2D eigenvalue weighted by Gasteiger charge is -2.13. The van der Waals surface area contributed by atoms with Crippen LogP contribution in [0.25, 0.3) is 22.2 Å². The Bertz CT molecular complexity index is 1860. The molecule has 5 aromatic rings. The summed E-state index contributed by atoms with van der Waals surface area (Å²) < 4.78 is 36.4. The van der Waals surface area contributed by atoms with Crippen molar-refractivity contribution in [3.63, 3.8) is 0 Å². The van der Waals surface area contributed by atoms with E-state index < -0.39 is 17.1 Å². The maximum Gasteiger partial charge on any atom is 0.200 e. The zero-order valence-electron chi connectivity index (χ0n) is 22.0. The Morgan fingerprint density at radius 1 is 1.02 bits per heavy atom. The molecule has 200 valence electrons. The van der Waals surface area contributed by atoms with Crippen molar-refractivity contribution in [1.29, 1.82) is 0 Å². The third-order valence-corrected chi connectivity index (χ3v) is 7.34. The van der Waals surface area contributed by atoms with Gasteiger partial charge < -0.3 is 9.30 Å². The minimum atomic E-state index is -0.638. The molecule has 0 aliphatic carbocycles. The second-order valence-corrected chi connectivity index (χ2v) is 10.0. The summed E-state index contributed by atoms with van der Waals surface area (Å²) in [5.41, 5.74) is 4.69. The standard InChI is InChI=1S/C32H25F2N3O3/c1-18-14-25-31(36-19(18)2)29(11-12-35-25)40-28-10-5-20(15-24(28)34)16-27(38)30-26-4-3-13-37(26)17-23(32(30)39)21-6-8-22(33)9-7-21/h5-12,14-15,17H,3-4,13,16H2,1-2H3. The molecular weight excluding hydrogens is 512 g/mol. The van der Waals surface area contributed by atoms with Crippen LogP contribution in [0, 0.1) is 25.5 Å². The second-order valence-electron chi connectivity index (χ2n) is 10.0. The number of pyridine rings is 3. The number of ether oxygens (including phenoxy) is 1. The molecule has 4 heterocycles. The van der Waals surface area contributed by atoms with Crippen LogP contribution in [0.1, 0.15) is 39.3 Å². The summed E-state index contributed by atoms with van der Waals surface area (Å²) in [6.45, 7) is 4.51. The van der Waals surface area contributed by atoms with Gasteiger partial charge in [-0.05, 0) is 73.7 Å². The van der Waals surface area contributed by atoms with Crippen molar-refractivity contribution in [3.05, 3.63) is 117 Å². The van der Waals surface area contributed by atoms with Crippen LogP contribution in [0.5, 0.6) is 11.5 Å². The number of fused-ring (bicyclic) bond motifs is 2. The smallest absolute Gasteiger partial charge is 0.200 e. The lowest BCUT2D eigenvalue weighted by atomic mass is 9.96. The van der Waals surface area contributed by atoms with Crippen molar-refractivity contribution in [2.45, 2.75) is 39.7 Å². The normalized spacial score (nSPS) is 12.5. The third-order valence-electron chi connectivity index (χ3n) is 7.34. The van der Waals surface area contributed by atoms with Gasteiger partial charge in [0.25, 0.3) is 0 Å². The van der Waals surface area contributed by atoms with Crippen LogP contribution in [0.15, 0.2) is 71.8 Å². The van der Waals surface area contributed by atoms with Crippen LogP contribution in [-0.2, 0) is 19.4 Å². The fourth-order valence-corrected chi connectivity index (χ4v) is 5.16. The molecule has 6 rings (SSSR count). The Balaban J connectivity index is 1.29. The van der Waals surface area contributed by atoms with Crippen molar-refractivity contribution in [1.82, 2.24) is 14.5 Å². The van der Waals surface area contributed by atoms with Crippen LogP contribution >= 0.6 is 0 Å². The van der Waals surface area contributed by atoms with Gasteiger partial charge in [0.1, 0.15) is 11.3 Å². The molecule has 8 heteroatoms. The molecule has 0 amide bonds. The molecule has 3 aromatic heterocycles. The summed E-state index contributed by atoms with van der Waals surface area (Å²) >= 11 is 0. The molecule has 0 unspecified atom stereocenters. The van der Waals surface area contributed by atoms with Crippen LogP contribution in [0.2, 0.25) is 0 Å². The minimum absolute atomic E-state index is 0.0111.